The summed E-state index contributed by atoms with van der Waals surface area (Å²) in [6.45, 7) is 8.32. The Morgan fingerprint density at radius 1 is 1.07 bits per heavy atom. The molecule has 86 valence electrons. The lowest BCUT2D eigenvalue weighted by Crippen LogP contribution is -2.63. The van der Waals surface area contributed by atoms with Crippen LogP contribution in [-0.2, 0) is 14.3 Å². The number of amides is 1. The van der Waals surface area contributed by atoms with Crippen molar-refractivity contribution in [2.75, 3.05) is 26.4 Å². The summed E-state index contributed by atoms with van der Waals surface area (Å²) < 4.78 is 10.9. The van der Waals surface area contributed by atoms with Crippen LogP contribution in [-0.4, -0.2) is 49.3 Å². The van der Waals surface area contributed by atoms with Gasteiger partial charge in [0.1, 0.15) is 0 Å². The van der Waals surface area contributed by atoms with Crippen molar-refractivity contribution in [1.29, 1.82) is 0 Å². The van der Waals surface area contributed by atoms with Crippen LogP contribution in [0, 0.1) is 5.41 Å². The normalized spacial score (nSPS) is 31.5. The molecule has 4 nitrogen and oxygen atoms in total. The Morgan fingerprint density at radius 2 is 1.47 bits per heavy atom. The predicted molar refractivity (Wildman–Crippen MR) is 55.5 cm³/mol. The standard InChI is InChI=1S/C11H19NO3/c1-11(2,3)10(13)12-8-4-14-6-9(12)7-15-5-8/h8-9H,4-7H2,1-3H3/t8-,9+. The van der Waals surface area contributed by atoms with Crippen LogP contribution < -0.4 is 0 Å². The molecule has 0 aliphatic carbocycles. The minimum Gasteiger partial charge on any atom is -0.377 e. The lowest BCUT2D eigenvalue weighted by Gasteiger charge is -2.47. The SMILES string of the molecule is CC(C)(C)C(=O)N1[C@H]2COC[C@@H]1COC2. The highest BCUT2D eigenvalue weighted by Crippen LogP contribution is 2.26. The van der Waals surface area contributed by atoms with E-state index < -0.39 is 0 Å². The van der Waals surface area contributed by atoms with Gasteiger partial charge in [-0.2, -0.15) is 0 Å². The van der Waals surface area contributed by atoms with Crippen molar-refractivity contribution in [1.82, 2.24) is 4.90 Å². The molecule has 0 aromatic carbocycles. The third kappa shape index (κ3) is 2.01. The Hall–Kier alpha value is -0.610. The first-order chi connectivity index (χ1) is 7.00. The molecule has 2 rings (SSSR count). The summed E-state index contributed by atoms with van der Waals surface area (Å²) in [5.74, 6) is 0.212. The van der Waals surface area contributed by atoms with Crippen molar-refractivity contribution in [3.8, 4) is 0 Å². The van der Waals surface area contributed by atoms with Crippen molar-refractivity contribution in [2.24, 2.45) is 5.41 Å². The van der Waals surface area contributed by atoms with Crippen LogP contribution in [0.25, 0.3) is 0 Å². The molecule has 0 aromatic heterocycles. The summed E-state index contributed by atoms with van der Waals surface area (Å²) >= 11 is 0. The lowest BCUT2D eigenvalue weighted by molar-refractivity contribution is -0.175. The van der Waals surface area contributed by atoms with Crippen molar-refractivity contribution in [2.45, 2.75) is 32.9 Å². The second kappa shape index (κ2) is 3.76. The smallest absolute Gasteiger partial charge is 0.228 e. The van der Waals surface area contributed by atoms with Crippen LogP contribution in [0.15, 0.2) is 0 Å². The number of carbonyl (C=O) groups excluding carboxylic acids is 1. The fraction of sp³-hybridized carbons (Fsp3) is 0.909. The molecular formula is C11H19NO3. The second-order valence-corrected chi connectivity index (χ2v) is 5.34. The van der Waals surface area contributed by atoms with Crippen LogP contribution in [0.4, 0.5) is 0 Å². The van der Waals surface area contributed by atoms with Gasteiger partial charge < -0.3 is 14.4 Å². The predicted octanol–water partition coefficient (Wildman–Crippen LogP) is 0.659. The highest BCUT2D eigenvalue weighted by atomic mass is 16.5. The fourth-order valence-corrected chi connectivity index (χ4v) is 2.11. The zero-order valence-corrected chi connectivity index (χ0v) is 9.66. The van der Waals surface area contributed by atoms with Gasteiger partial charge in [-0.3, -0.25) is 4.79 Å². The summed E-state index contributed by atoms with van der Waals surface area (Å²) in [6.07, 6.45) is 0. The van der Waals surface area contributed by atoms with Crippen LogP contribution in [0.2, 0.25) is 0 Å². The third-order valence-electron chi connectivity index (χ3n) is 2.90. The highest BCUT2D eigenvalue weighted by molar-refractivity contribution is 5.82. The van der Waals surface area contributed by atoms with Crippen molar-refractivity contribution in [3.63, 3.8) is 0 Å². The van der Waals surface area contributed by atoms with Crippen molar-refractivity contribution >= 4 is 5.91 Å². The monoisotopic (exact) mass is 213 g/mol. The highest BCUT2D eigenvalue weighted by Gasteiger charge is 2.41. The zero-order chi connectivity index (χ0) is 11.1. The van der Waals surface area contributed by atoms with Gasteiger partial charge in [-0.1, -0.05) is 20.8 Å². The number of nitrogens with zero attached hydrogens (tertiary/aromatic N) is 1. The van der Waals surface area contributed by atoms with E-state index in [1.165, 1.54) is 0 Å². The molecule has 2 aliphatic rings. The molecule has 15 heavy (non-hydrogen) atoms. The maximum atomic E-state index is 12.2. The van der Waals surface area contributed by atoms with Gasteiger partial charge in [-0.25, -0.2) is 0 Å². The maximum absolute atomic E-state index is 12.2. The Kier molecular flexibility index (Phi) is 2.73. The minimum absolute atomic E-state index is 0.115. The van der Waals surface area contributed by atoms with Gasteiger partial charge in [0.15, 0.2) is 0 Å². The molecule has 2 heterocycles. The number of hydrogen-bond acceptors (Lipinski definition) is 3. The number of morpholine rings is 2. The van der Waals surface area contributed by atoms with E-state index in [9.17, 15) is 4.79 Å². The average molecular weight is 213 g/mol. The summed E-state index contributed by atoms with van der Waals surface area (Å²) in [7, 11) is 0. The number of ether oxygens (including phenoxy) is 2. The fourth-order valence-electron chi connectivity index (χ4n) is 2.11. The van der Waals surface area contributed by atoms with E-state index in [0.29, 0.717) is 26.4 Å². The van der Waals surface area contributed by atoms with Gasteiger partial charge in [-0.05, 0) is 0 Å². The van der Waals surface area contributed by atoms with E-state index in [1.807, 2.05) is 25.7 Å². The molecule has 2 bridgehead atoms. The third-order valence-corrected chi connectivity index (χ3v) is 2.90. The first-order valence-electron chi connectivity index (χ1n) is 5.48. The van der Waals surface area contributed by atoms with E-state index in [2.05, 4.69) is 0 Å². The summed E-state index contributed by atoms with van der Waals surface area (Å²) in [4.78, 5) is 14.2. The van der Waals surface area contributed by atoms with Crippen LogP contribution >= 0.6 is 0 Å². The Labute approximate surface area is 90.5 Å². The molecule has 0 atom stereocenters. The molecule has 0 aromatic rings. The lowest BCUT2D eigenvalue weighted by atomic mass is 9.92. The molecule has 0 N–H and O–H groups in total. The molecule has 0 saturated carbocycles. The molecule has 0 spiro atoms. The van der Waals surface area contributed by atoms with E-state index in [-0.39, 0.29) is 23.4 Å². The van der Waals surface area contributed by atoms with Crippen LogP contribution in [0.3, 0.4) is 0 Å². The number of carbonyl (C=O) groups is 1. The van der Waals surface area contributed by atoms with Gasteiger partial charge in [0.2, 0.25) is 5.91 Å². The van der Waals surface area contributed by atoms with Gasteiger partial charge in [0.25, 0.3) is 0 Å². The molecule has 2 saturated heterocycles. The zero-order valence-electron chi connectivity index (χ0n) is 9.66. The average Bonchev–Trinajstić information content (AvgIpc) is 2.14. The van der Waals surface area contributed by atoms with E-state index in [1.54, 1.807) is 0 Å². The molecule has 4 heteroatoms. The first kappa shape index (κ1) is 10.9. The van der Waals surface area contributed by atoms with Gasteiger partial charge >= 0.3 is 0 Å². The molecule has 1 amide bonds. The Morgan fingerprint density at radius 3 is 1.80 bits per heavy atom. The van der Waals surface area contributed by atoms with Crippen molar-refractivity contribution in [3.05, 3.63) is 0 Å². The van der Waals surface area contributed by atoms with Crippen molar-refractivity contribution < 1.29 is 14.3 Å². The quantitative estimate of drug-likeness (QED) is 0.593. The Bertz CT molecular complexity index is 237. The first-order valence-corrected chi connectivity index (χ1v) is 5.48. The summed E-state index contributed by atoms with van der Waals surface area (Å²) in [6, 6.07) is 0.230. The van der Waals surface area contributed by atoms with Gasteiger partial charge in [-0.15, -0.1) is 0 Å². The molecule has 2 aliphatic heterocycles. The molecular weight excluding hydrogens is 194 g/mol. The summed E-state index contributed by atoms with van der Waals surface area (Å²) in [5.41, 5.74) is -0.314. The van der Waals surface area contributed by atoms with Gasteiger partial charge in [0.05, 0.1) is 38.5 Å². The molecule has 2 fully saturated rings. The minimum atomic E-state index is -0.314. The Balaban J connectivity index is 2.16. The molecule has 0 unspecified atom stereocenters. The van der Waals surface area contributed by atoms with Crippen LogP contribution in [0.1, 0.15) is 20.8 Å². The van der Waals surface area contributed by atoms with E-state index in [4.69, 9.17) is 9.47 Å². The van der Waals surface area contributed by atoms with Gasteiger partial charge in [0, 0.05) is 5.41 Å². The number of hydrogen-bond donors (Lipinski definition) is 0. The summed E-state index contributed by atoms with van der Waals surface area (Å²) in [5, 5.41) is 0. The second-order valence-electron chi connectivity index (χ2n) is 5.34. The number of rotatable bonds is 0. The molecule has 0 radical (unpaired) electrons. The van der Waals surface area contributed by atoms with E-state index in [0.717, 1.165) is 0 Å². The topological polar surface area (TPSA) is 38.8 Å². The van der Waals surface area contributed by atoms with E-state index >= 15 is 0 Å². The maximum Gasteiger partial charge on any atom is 0.228 e. The number of fused-ring (bicyclic) bond motifs is 2. The largest absolute Gasteiger partial charge is 0.377 e. The van der Waals surface area contributed by atoms with Crippen LogP contribution in [0.5, 0.6) is 0 Å².